The number of carbonyl (C=O) groups excluding carboxylic acids is 1. The first-order valence-electron chi connectivity index (χ1n) is 11.4. The number of rotatable bonds is 8. The van der Waals surface area contributed by atoms with Crippen molar-refractivity contribution in [3.05, 3.63) is 81.4 Å². The molecule has 0 aliphatic carbocycles. The molecule has 0 atom stereocenters. The number of nitrogens with one attached hydrogen (secondary N) is 1. The van der Waals surface area contributed by atoms with Gasteiger partial charge in [0.05, 0.1) is 18.5 Å². The molecule has 4 rings (SSSR count). The van der Waals surface area contributed by atoms with Gasteiger partial charge in [-0.15, -0.1) is 0 Å². The zero-order valence-electron chi connectivity index (χ0n) is 20.0. The van der Waals surface area contributed by atoms with Gasteiger partial charge in [-0.05, 0) is 50.6 Å². The van der Waals surface area contributed by atoms with E-state index in [1.165, 1.54) is 0 Å². The summed E-state index contributed by atoms with van der Waals surface area (Å²) in [6.45, 7) is 6.70. The van der Waals surface area contributed by atoms with Crippen LogP contribution in [0.4, 0.5) is 0 Å². The van der Waals surface area contributed by atoms with Crippen LogP contribution in [0.25, 0.3) is 16.9 Å². The Hall–Kier alpha value is -3.94. The third-order valence-electron chi connectivity index (χ3n) is 5.81. The van der Waals surface area contributed by atoms with E-state index in [1.54, 1.807) is 16.4 Å². The van der Waals surface area contributed by atoms with E-state index in [0.717, 1.165) is 28.3 Å². The molecule has 0 saturated carbocycles. The lowest BCUT2D eigenvalue weighted by Crippen LogP contribution is -2.28. The summed E-state index contributed by atoms with van der Waals surface area (Å²) in [6.07, 6.45) is 0.431. The van der Waals surface area contributed by atoms with E-state index in [9.17, 15) is 9.59 Å². The monoisotopic (exact) mass is 459 g/mol. The average molecular weight is 460 g/mol. The molecule has 8 nitrogen and oxygen atoms in total. The van der Waals surface area contributed by atoms with Gasteiger partial charge < -0.3 is 10.1 Å². The molecular weight excluding hydrogens is 430 g/mol. The number of amides is 1. The van der Waals surface area contributed by atoms with Crippen molar-refractivity contribution in [3.8, 4) is 11.4 Å². The number of hydrogen-bond donors (Lipinski definition) is 1. The van der Waals surface area contributed by atoms with E-state index >= 15 is 0 Å². The van der Waals surface area contributed by atoms with Crippen molar-refractivity contribution in [3.63, 3.8) is 0 Å². The first-order chi connectivity index (χ1) is 16.4. The standard InChI is InChI=1S/C26H29N5O3/c1-5-30-25-24(18(3)29-31(25)20-11-9-17(2)10-12-20)28-22(26(30)33)13-14-23(32)27-16-19-7-6-8-21(15-19)34-4/h6-12,15H,5,13-14,16H2,1-4H3,(H,27,32). The van der Waals surface area contributed by atoms with Gasteiger partial charge in [0.1, 0.15) is 17.0 Å². The molecule has 4 aromatic rings. The summed E-state index contributed by atoms with van der Waals surface area (Å²) in [4.78, 5) is 30.3. The molecule has 0 radical (unpaired) electrons. The summed E-state index contributed by atoms with van der Waals surface area (Å²) in [5, 5.41) is 7.56. The van der Waals surface area contributed by atoms with Crippen LogP contribution in [0.3, 0.4) is 0 Å². The van der Waals surface area contributed by atoms with Gasteiger partial charge in [0, 0.05) is 25.9 Å². The average Bonchev–Trinajstić information content (AvgIpc) is 3.17. The second kappa shape index (κ2) is 9.91. The Bertz CT molecular complexity index is 1390. The SMILES string of the molecule is CCn1c(=O)c(CCC(=O)NCc2cccc(OC)c2)nc2c(C)nn(-c3ccc(C)cc3)c21. The molecule has 1 N–H and O–H groups in total. The minimum atomic E-state index is -0.191. The lowest BCUT2D eigenvalue weighted by atomic mass is 10.2. The second-order valence-corrected chi connectivity index (χ2v) is 8.24. The third kappa shape index (κ3) is 4.71. The highest BCUT2D eigenvalue weighted by Gasteiger charge is 2.19. The number of fused-ring (bicyclic) bond motifs is 1. The maximum Gasteiger partial charge on any atom is 0.273 e. The molecule has 8 heteroatoms. The van der Waals surface area contributed by atoms with Crippen LogP contribution in [-0.2, 0) is 24.3 Å². The third-order valence-corrected chi connectivity index (χ3v) is 5.81. The topological polar surface area (TPSA) is 91.0 Å². The van der Waals surface area contributed by atoms with Crippen molar-refractivity contribution in [2.24, 2.45) is 0 Å². The van der Waals surface area contributed by atoms with E-state index < -0.39 is 0 Å². The van der Waals surface area contributed by atoms with Gasteiger partial charge in [0.15, 0.2) is 5.65 Å². The molecule has 2 aromatic carbocycles. The van der Waals surface area contributed by atoms with Crippen molar-refractivity contribution in [1.29, 1.82) is 0 Å². The fraction of sp³-hybridized carbons (Fsp3) is 0.308. The highest BCUT2D eigenvalue weighted by Crippen LogP contribution is 2.20. The highest BCUT2D eigenvalue weighted by molar-refractivity contribution is 5.77. The highest BCUT2D eigenvalue weighted by atomic mass is 16.5. The number of hydrogen-bond acceptors (Lipinski definition) is 5. The maximum absolute atomic E-state index is 13.2. The molecule has 0 fully saturated rings. The number of benzene rings is 2. The molecule has 2 heterocycles. The molecule has 34 heavy (non-hydrogen) atoms. The van der Waals surface area contributed by atoms with E-state index in [2.05, 4.69) is 15.4 Å². The number of aryl methyl sites for hydroxylation is 4. The summed E-state index contributed by atoms with van der Waals surface area (Å²) in [7, 11) is 1.61. The number of ether oxygens (including phenoxy) is 1. The van der Waals surface area contributed by atoms with E-state index in [1.807, 2.05) is 69.3 Å². The van der Waals surface area contributed by atoms with Crippen molar-refractivity contribution >= 4 is 17.1 Å². The molecule has 0 unspecified atom stereocenters. The van der Waals surface area contributed by atoms with Gasteiger partial charge in [-0.3, -0.25) is 14.2 Å². The van der Waals surface area contributed by atoms with Crippen molar-refractivity contribution in [2.75, 3.05) is 7.11 Å². The molecule has 176 valence electrons. The Labute approximate surface area is 198 Å². The van der Waals surface area contributed by atoms with Crippen molar-refractivity contribution in [1.82, 2.24) is 24.6 Å². The van der Waals surface area contributed by atoms with Crippen LogP contribution in [-0.4, -0.2) is 32.3 Å². The van der Waals surface area contributed by atoms with Gasteiger partial charge in [-0.25, -0.2) is 9.67 Å². The lowest BCUT2D eigenvalue weighted by Gasteiger charge is -2.11. The first kappa shape index (κ1) is 23.2. The van der Waals surface area contributed by atoms with E-state index in [0.29, 0.717) is 29.9 Å². The first-order valence-corrected chi connectivity index (χ1v) is 11.4. The summed E-state index contributed by atoms with van der Waals surface area (Å²) in [6, 6.07) is 15.5. The number of nitrogens with zero attached hydrogens (tertiary/aromatic N) is 4. The van der Waals surface area contributed by atoms with Crippen molar-refractivity contribution < 1.29 is 9.53 Å². The normalized spacial score (nSPS) is 11.1. The molecule has 2 aromatic heterocycles. The van der Waals surface area contributed by atoms with Crippen LogP contribution >= 0.6 is 0 Å². The fourth-order valence-electron chi connectivity index (χ4n) is 3.94. The summed E-state index contributed by atoms with van der Waals surface area (Å²) >= 11 is 0. The fourth-order valence-corrected chi connectivity index (χ4v) is 3.94. The summed E-state index contributed by atoms with van der Waals surface area (Å²) < 4.78 is 8.67. The molecule has 0 spiro atoms. The summed E-state index contributed by atoms with van der Waals surface area (Å²) in [5.74, 6) is 0.602. The van der Waals surface area contributed by atoms with Gasteiger partial charge in [0.2, 0.25) is 5.91 Å². The largest absolute Gasteiger partial charge is 0.497 e. The van der Waals surface area contributed by atoms with Gasteiger partial charge >= 0.3 is 0 Å². The molecule has 0 aliphatic heterocycles. The molecular formula is C26H29N5O3. The quantitative estimate of drug-likeness (QED) is 0.436. The number of methoxy groups -OCH3 is 1. The second-order valence-electron chi connectivity index (χ2n) is 8.24. The van der Waals surface area contributed by atoms with Crippen LogP contribution < -0.4 is 15.6 Å². The van der Waals surface area contributed by atoms with Crippen LogP contribution in [0.1, 0.15) is 35.9 Å². The minimum absolute atomic E-state index is 0.140. The van der Waals surface area contributed by atoms with Gasteiger partial charge in [-0.1, -0.05) is 29.8 Å². The molecule has 0 aliphatic rings. The Balaban J connectivity index is 1.55. The zero-order valence-corrected chi connectivity index (χ0v) is 20.0. The Morgan fingerprint density at radius 1 is 1.12 bits per heavy atom. The van der Waals surface area contributed by atoms with Gasteiger partial charge in [-0.2, -0.15) is 5.10 Å². The number of carbonyl (C=O) groups is 1. The molecule has 0 saturated heterocycles. The smallest absolute Gasteiger partial charge is 0.273 e. The lowest BCUT2D eigenvalue weighted by molar-refractivity contribution is -0.121. The Kier molecular flexibility index (Phi) is 6.77. The predicted octanol–water partition coefficient (Wildman–Crippen LogP) is 3.48. The Morgan fingerprint density at radius 2 is 1.88 bits per heavy atom. The summed E-state index contributed by atoms with van der Waals surface area (Å²) in [5.41, 5.74) is 5.23. The minimum Gasteiger partial charge on any atom is -0.497 e. The van der Waals surface area contributed by atoms with Crippen LogP contribution in [0.2, 0.25) is 0 Å². The van der Waals surface area contributed by atoms with E-state index in [4.69, 9.17) is 4.74 Å². The van der Waals surface area contributed by atoms with Crippen LogP contribution in [0.5, 0.6) is 5.75 Å². The Morgan fingerprint density at radius 3 is 2.59 bits per heavy atom. The van der Waals surface area contributed by atoms with Crippen LogP contribution in [0, 0.1) is 13.8 Å². The van der Waals surface area contributed by atoms with Crippen LogP contribution in [0.15, 0.2) is 53.3 Å². The predicted molar refractivity (Wildman–Crippen MR) is 131 cm³/mol. The van der Waals surface area contributed by atoms with Crippen molar-refractivity contribution in [2.45, 2.75) is 46.7 Å². The maximum atomic E-state index is 13.2. The zero-order chi connectivity index (χ0) is 24.2. The van der Waals surface area contributed by atoms with E-state index in [-0.39, 0.29) is 24.3 Å². The molecule has 0 bridgehead atoms. The number of aromatic nitrogens is 4. The van der Waals surface area contributed by atoms with Gasteiger partial charge in [0.25, 0.3) is 5.56 Å². The molecule has 1 amide bonds.